The molecule has 1 unspecified atom stereocenters. The fourth-order valence-electron chi connectivity index (χ4n) is 3.92. The SMILES string of the molecule is O=C(OC1CN2CCC1CC2)O[C@H](c1ccccc1)c1cccc(F)c1. The standard InChI is InChI=1S/C21H22FNO3/c22-18-8-4-7-17(13-18)20(16-5-2-1-3-6-16)26-21(24)25-19-14-23-11-9-15(19)10-12-23/h1-8,13,15,19-20H,9-12,14H2/t19?,20-/m1/s1. The summed E-state index contributed by atoms with van der Waals surface area (Å²) in [5.41, 5.74) is 1.37. The number of hydrogen-bond donors (Lipinski definition) is 0. The number of benzene rings is 2. The van der Waals surface area contributed by atoms with Gasteiger partial charge in [0.25, 0.3) is 0 Å². The third-order valence-electron chi connectivity index (χ3n) is 5.31. The Bertz CT molecular complexity index is 759. The van der Waals surface area contributed by atoms with Gasteiger partial charge in [-0.25, -0.2) is 9.18 Å². The van der Waals surface area contributed by atoms with E-state index < -0.39 is 12.3 Å². The van der Waals surface area contributed by atoms with Crippen LogP contribution in [0.3, 0.4) is 0 Å². The topological polar surface area (TPSA) is 38.8 Å². The highest BCUT2D eigenvalue weighted by Gasteiger charge is 2.37. The average Bonchev–Trinajstić information content (AvgIpc) is 2.68. The normalized spacial score (nSPS) is 25.5. The summed E-state index contributed by atoms with van der Waals surface area (Å²) in [5, 5.41) is 0. The maximum absolute atomic E-state index is 13.7. The van der Waals surface area contributed by atoms with Crippen molar-refractivity contribution >= 4 is 6.16 Å². The number of halogens is 1. The molecular weight excluding hydrogens is 333 g/mol. The minimum Gasteiger partial charge on any atom is -0.429 e. The number of fused-ring (bicyclic) bond motifs is 3. The zero-order chi connectivity index (χ0) is 17.9. The Morgan fingerprint density at radius 3 is 2.42 bits per heavy atom. The molecule has 2 atom stereocenters. The van der Waals surface area contributed by atoms with E-state index in [0.717, 1.165) is 38.0 Å². The van der Waals surface area contributed by atoms with Crippen LogP contribution in [0.5, 0.6) is 0 Å². The Morgan fingerprint density at radius 2 is 1.77 bits per heavy atom. The minimum absolute atomic E-state index is 0.117. The monoisotopic (exact) mass is 355 g/mol. The average molecular weight is 355 g/mol. The molecule has 3 fully saturated rings. The van der Waals surface area contributed by atoms with Crippen LogP contribution >= 0.6 is 0 Å². The van der Waals surface area contributed by atoms with Crippen LogP contribution in [-0.4, -0.2) is 36.8 Å². The second kappa shape index (κ2) is 7.46. The maximum Gasteiger partial charge on any atom is 0.509 e. The number of carbonyl (C=O) groups is 1. The van der Waals surface area contributed by atoms with Crippen molar-refractivity contribution in [2.75, 3.05) is 19.6 Å². The van der Waals surface area contributed by atoms with Gasteiger partial charge in [-0.1, -0.05) is 42.5 Å². The molecule has 0 aliphatic carbocycles. The molecule has 136 valence electrons. The van der Waals surface area contributed by atoms with Crippen molar-refractivity contribution in [3.05, 3.63) is 71.5 Å². The van der Waals surface area contributed by atoms with Gasteiger partial charge in [0.05, 0.1) is 0 Å². The molecule has 0 spiro atoms. The second-order valence-electron chi connectivity index (χ2n) is 7.01. The van der Waals surface area contributed by atoms with E-state index >= 15 is 0 Å². The number of carbonyl (C=O) groups excluding carboxylic acids is 1. The van der Waals surface area contributed by atoms with E-state index in [2.05, 4.69) is 4.90 Å². The van der Waals surface area contributed by atoms with Gasteiger partial charge in [0.1, 0.15) is 11.9 Å². The largest absolute Gasteiger partial charge is 0.509 e. The summed E-state index contributed by atoms with van der Waals surface area (Å²) >= 11 is 0. The zero-order valence-corrected chi connectivity index (χ0v) is 14.5. The predicted molar refractivity (Wildman–Crippen MR) is 95.2 cm³/mol. The Balaban J connectivity index is 1.50. The van der Waals surface area contributed by atoms with Gasteiger partial charge in [-0.2, -0.15) is 0 Å². The third kappa shape index (κ3) is 3.73. The van der Waals surface area contributed by atoms with Gasteiger partial charge in [-0.3, -0.25) is 4.90 Å². The van der Waals surface area contributed by atoms with Gasteiger partial charge in [0.15, 0.2) is 6.10 Å². The van der Waals surface area contributed by atoms with Crippen molar-refractivity contribution < 1.29 is 18.7 Å². The summed E-state index contributed by atoms with van der Waals surface area (Å²) < 4.78 is 25.0. The van der Waals surface area contributed by atoms with E-state index in [4.69, 9.17) is 9.47 Å². The molecule has 26 heavy (non-hydrogen) atoms. The van der Waals surface area contributed by atoms with E-state index in [0.29, 0.717) is 11.5 Å². The number of ether oxygens (including phenoxy) is 2. The highest BCUT2D eigenvalue weighted by Crippen LogP contribution is 2.31. The lowest BCUT2D eigenvalue weighted by Gasteiger charge is -2.43. The Labute approximate surface area is 152 Å². The van der Waals surface area contributed by atoms with Crippen molar-refractivity contribution in [1.82, 2.24) is 4.90 Å². The van der Waals surface area contributed by atoms with Crippen LogP contribution in [0.1, 0.15) is 30.1 Å². The first-order valence-electron chi connectivity index (χ1n) is 9.09. The van der Waals surface area contributed by atoms with Crippen molar-refractivity contribution in [2.24, 2.45) is 5.92 Å². The van der Waals surface area contributed by atoms with Gasteiger partial charge in [0, 0.05) is 12.1 Å². The van der Waals surface area contributed by atoms with Gasteiger partial charge in [-0.15, -0.1) is 0 Å². The Morgan fingerprint density at radius 1 is 1.04 bits per heavy atom. The summed E-state index contributed by atoms with van der Waals surface area (Å²) in [5.74, 6) is 0.0506. The summed E-state index contributed by atoms with van der Waals surface area (Å²) in [6.45, 7) is 2.93. The zero-order valence-electron chi connectivity index (χ0n) is 14.5. The summed E-state index contributed by atoms with van der Waals surface area (Å²) in [6.07, 6.45) is 0.616. The number of rotatable bonds is 4. The molecular formula is C21H22FNO3. The van der Waals surface area contributed by atoms with Gasteiger partial charge in [0.2, 0.25) is 0 Å². The molecule has 4 nitrogen and oxygen atoms in total. The quantitative estimate of drug-likeness (QED) is 0.772. The predicted octanol–water partition coefficient (Wildman–Crippen LogP) is 4.16. The highest BCUT2D eigenvalue weighted by molar-refractivity contribution is 5.61. The van der Waals surface area contributed by atoms with Crippen LogP contribution in [0.2, 0.25) is 0 Å². The fourth-order valence-corrected chi connectivity index (χ4v) is 3.92. The van der Waals surface area contributed by atoms with E-state index in [1.54, 1.807) is 12.1 Å². The first kappa shape index (κ1) is 17.0. The van der Waals surface area contributed by atoms with Gasteiger partial charge < -0.3 is 9.47 Å². The Kier molecular flexibility index (Phi) is 4.89. The second-order valence-corrected chi connectivity index (χ2v) is 7.01. The summed E-state index contributed by atoms with van der Waals surface area (Å²) in [6, 6.07) is 15.5. The molecule has 0 aromatic heterocycles. The van der Waals surface area contributed by atoms with Gasteiger partial charge >= 0.3 is 6.16 Å². The smallest absolute Gasteiger partial charge is 0.429 e. The van der Waals surface area contributed by atoms with E-state index in [9.17, 15) is 9.18 Å². The van der Waals surface area contributed by atoms with Crippen molar-refractivity contribution in [3.8, 4) is 0 Å². The molecule has 5 heteroatoms. The molecule has 0 amide bonds. The Hall–Kier alpha value is -2.40. The maximum atomic E-state index is 13.7. The molecule has 3 heterocycles. The van der Waals surface area contributed by atoms with E-state index in [1.807, 2.05) is 30.3 Å². The minimum atomic E-state index is -0.694. The van der Waals surface area contributed by atoms with Gasteiger partial charge in [-0.05, 0) is 49.5 Å². The van der Waals surface area contributed by atoms with Crippen molar-refractivity contribution in [3.63, 3.8) is 0 Å². The first-order chi connectivity index (χ1) is 12.7. The molecule has 3 aliphatic heterocycles. The van der Waals surface area contributed by atoms with E-state index in [-0.39, 0.29) is 11.9 Å². The lowest BCUT2D eigenvalue weighted by atomic mass is 9.86. The lowest BCUT2D eigenvalue weighted by molar-refractivity contribution is -0.0642. The van der Waals surface area contributed by atoms with Crippen molar-refractivity contribution in [1.29, 1.82) is 0 Å². The molecule has 5 rings (SSSR count). The summed E-state index contributed by atoms with van der Waals surface area (Å²) in [7, 11) is 0. The molecule has 0 radical (unpaired) electrons. The van der Waals surface area contributed by atoms with Crippen LogP contribution in [0, 0.1) is 11.7 Å². The molecule has 0 saturated carbocycles. The highest BCUT2D eigenvalue weighted by atomic mass is 19.1. The fraction of sp³-hybridized carbons (Fsp3) is 0.381. The lowest BCUT2D eigenvalue weighted by Crippen LogP contribution is -2.52. The molecule has 3 saturated heterocycles. The molecule has 2 aromatic rings. The molecule has 2 aromatic carbocycles. The van der Waals surface area contributed by atoms with E-state index in [1.165, 1.54) is 12.1 Å². The first-order valence-corrected chi connectivity index (χ1v) is 9.09. The number of hydrogen-bond acceptors (Lipinski definition) is 4. The third-order valence-corrected chi connectivity index (χ3v) is 5.31. The molecule has 3 aliphatic rings. The van der Waals surface area contributed by atoms with Crippen LogP contribution in [0.4, 0.5) is 9.18 Å². The van der Waals surface area contributed by atoms with Crippen LogP contribution in [-0.2, 0) is 9.47 Å². The molecule has 2 bridgehead atoms. The summed E-state index contributed by atoms with van der Waals surface area (Å²) in [4.78, 5) is 14.8. The van der Waals surface area contributed by atoms with Crippen LogP contribution in [0.15, 0.2) is 54.6 Å². The van der Waals surface area contributed by atoms with Crippen LogP contribution < -0.4 is 0 Å². The van der Waals surface area contributed by atoms with Crippen LogP contribution in [0.25, 0.3) is 0 Å². The number of piperidine rings is 3. The van der Waals surface area contributed by atoms with Crippen molar-refractivity contribution in [2.45, 2.75) is 25.0 Å². The number of nitrogens with zero attached hydrogens (tertiary/aromatic N) is 1. The molecule has 0 N–H and O–H groups in total.